The number of fused-ring (bicyclic) bond motifs is 3. The Morgan fingerprint density at radius 3 is 2.52 bits per heavy atom. The van der Waals surface area contributed by atoms with Crippen molar-refractivity contribution < 1.29 is 13.9 Å². The van der Waals surface area contributed by atoms with Crippen molar-refractivity contribution in [2.45, 2.75) is 60.3 Å². The molecule has 1 amide bonds. The highest BCUT2D eigenvalue weighted by Crippen LogP contribution is 2.41. The maximum Gasteiger partial charge on any atom is 0.248 e. The standard InChI is InChI=1S/C27H31NO3/c1-6-30-26-19(5)27-23(21-9-7-8-10-24(21)31-27)15-22(26)18(4)14-25(29)28-20-12-16(2)11-17(3)13-20/h11-15H,6-10H2,1-5H3,(H,28,29)/b18-14+. The van der Waals surface area contributed by atoms with Crippen LogP contribution < -0.4 is 10.1 Å². The van der Waals surface area contributed by atoms with Gasteiger partial charge in [0.1, 0.15) is 17.1 Å². The van der Waals surface area contributed by atoms with Crippen molar-refractivity contribution in [3.8, 4) is 5.75 Å². The summed E-state index contributed by atoms with van der Waals surface area (Å²) < 4.78 is 12.3. The van der Waals surface area contributed by atoms with Crippen LogP contribution in [0.4, 0.5) is 5.69 Å². The first kappa shape index (κ1) is 21.2. The zero-order valence-electron chi connectivity index (χ0n) is 19.1. The highest BCUT2D eigenvalue weighted by atomic mass is 16.5. The molecule has 0 spiro atoms. The summed E-state index contributed by atoms with van der Waals surface area (Å²) in [6.07, 6.45) is 6.07. The molecule has 0 unspecified atom stereocenters. The van der Waals surface area contributed by atoms with Gasteiger partial charge >= 0.3 is 0 Å². The van der Waals surface area contributed by atoms with Crippen LogP contribution in [0.25, 0.3) is 16.5 Å². The van der Waals surface area contributed by atoms with Gasteiger partial charge in [0, 0.05) is 40.3 Å². The molecule has 31 heavy (non-hydrogen) atoms. The van der Waals surface area contributed by atoms with Crippen LogP contribution in [0, 0.1) is 20.8 Å². The Kier molecular flexibility index (Phi) is 5.90. The van der Waals surface area contributed by atoms with Crippen LogP contribution in [0.2, 0.25) is 0 Å². The minimum Gasteiger partial charge on any atom is -0.493 e. The summed E-state index contributed by atoms with van der Waals surface area (Å²) >= 11 is 0. The third kappa shape index (κ3) is 4.25. The van der Waals surface area contributed by atoms with E-state index < -0.39 is 0 Å². The van der Waals surface area contributed by atoms with Crippen molar-refractivity contribution in [2.75, 3.05) is 11.9 Å². The first-order valence-corrected chi connectivity index (χ1v) is 11.2. The predicted molar refractivity (Wildman–Crippen MR) is 127 cm³/mol. The van der Waals surface area contributed by atoms with E-state index in [1.807, 2.05) is 39.8 Å². The number of amides is 1. The van der Waals surface area contributed by atoms with Crippen LogP contribution in [-0.2, 0) is 17.6 Å². The summed E-state index contributed by atoms with van der Waals surface area (Å²) in [6.45, 7) is 10.6. The lowest BCUT2D eigenvalue weighted by molar-refractivity contribution is -0.111. The molecular weight excluding hydrogens is 386 g/mol. The molecular formula is C27H31NO3. The van der Waals surface area contributed by atoms with E-state index in [1.54, 1.807) is 6.08 Å². The van der Waals surface area contributed by atoms with Gasteiger partial charge in [0.25, 0.3) is 0 Å². The molecule has 2 aromatic carbocycles. The number of carbonyl (C=O) groups excluding carboxylic acids is 1. The Hall–Kier alpha value is -3.01. The van der Waals surface area contributed by atoms with E-state index in [4.69, 9.17) is 9.15 Å². The molecule has 0 fully saturated rings. The number of allylic oxidation sites excluding steroid dienone is 1. The molecule has 0 bridgehead atoms. The summed E-state index contributed by atoms with van der Waals surface area (Å²) in [5, 5.41) is 4.16. The van der Waals surface area contributed by atoms with Crippen LogP contribution in [-0.4, -0.2) is 12.5 Å². The second-order valence-corrected chi connectivity index (χ2v) is 8.59. The van der Waals surface area contributed by atoms with Gasteiger partial charge in [-0.05, 0) is 88.8 Å². The van der Waals surface area contributed by atoms with Gasteiger partial charge in [0.05, 0.1) is 6.61 Å². The predicted octanol–water partition coefficient (Wildman–Crippen LogP) is 6.68. The van der Waals surface area contributed by atoms with E-state index in [0.717, 1.165) is 68.8 Å². The lowest BCUT2D eigenvalue weighted by Crippen LogP contribution is -2.09. The Balaban J connectivity index is 1.74. The molecule has 162 valence electrons. The molecule has 0 aliphatic heterocycles. The number of benzene rings is 2. The van der Waals surface area contributed by atoms with Crippen molar-refractivity contribution in [2.24, 2.45) is 0 Å². The Morgan fingerprint density at radius 1 is 1.10 bits per heavy atom. The molecule has 4 rings (SSSR count). The normalized spacial score (nSPS) is 13.9. The number of hydrogen-bond donors (Lipinski definition) is 1. The Bertz CT molecular complexity index is 1160. The first-order chi connectivity index (χ1) is 14.9. The van der Waals surface area contributed by atoms with E-state index in [9.17, 15) is 4.79 Å². The van der Waals surface area contributed by atoms with Gasteiger partial charge in [0.15, 0.2) is 0 Å². The smallest absolute Gasteiger partial charge is 0.248 e. The van der Waals surface area contributed by atoms with E-state index in [1.165, 1.54) is 18.4 Å². The topological polar surface area (TPSA) is 51.5 Å². The molecule has 1 aromatic heterocycles. The number of rotatable bonds is 5. The third-order valence-electron chi connectivity index (χ3n) is 5.98. The van der Waals surface area contributed by atoms with Crippen LogP contribution in [0.3, 0.4) is 0 Å². The second kappa shape index (κ2) is 8.62. The summed E-state index contributed by atoms with van der Waals surface area (Å²) in [5.41, 5.74) is 8.14. The van der Waals surface area contributed by atoms with E-state index in [-0.39, 0.29) is 5.91 Å². The first-order valence-electron chi connectivity index (χ1n) is 11.2. The molecule has 1 aliphatic carbocycles. The molecule has 0 radical (unpaired) electrons. The fraction of sp³-hybridized carbons (Fsp3) is 0.370. The SMILES string of the molecule is CCOc1c(/C(C)=C/C(=O)Nc2cc(C)cc(C)c2)cc2c3c(oc2c1C)CCCC3. The lowest BCUT2D eigenvalue weighted by Gasteiger charge is -2.15. The van der Waals surface area contributed by atoms with Crippen LogP contribution in [0.1, 0.15) is 60.3 Å². The van der Waals surface area contributed by atoms with Gasteiger partial charge in [-0.15, -0.1) is 0 Å². The second-order valence-electron chi connectivity index (χ2n) is 8.59. The minimum absolute atomic E-state index is 0.142. The molecule has 1 N–H and O–H groups in total. The van der Waals surface area contributed by atoms with Crippen molar-refractivity contribution in [3.63, 3.8) is 0 Å². The largest absolute Gasteiger partial charge is 0.493 e. The summed E-state index contributed by atoms with van der Waals surface area (Å²) in [6, 6.07) is 8.20. The van der Waals surface area contributed by atoms with Gasteiger partial charge in [-0.1, -0.05) is 6.07 Å². The molecule has 0 saturated carbocycles. The van der Waals surface area contributed by atoms with Crippen LogP contribution >= 0.6 is 0 Å². The molecule has 3 aromatic rings. The van der Waals surface area contributed by atoms with Gasteiger partial charge in [-0.2, -0.15) is 0 Å². The lowest BCUT2D eigenvalue weighted by atomic mass is 9.93. The number of carbonyl (C=O) groups is 1. The Labute approximate surface area is 184 Å². The van der Waals surface area contributed by atoms with Gasteiger partial charge in [-0.3, -0.25) is 4.79 Å². The summed E-state index contributed by atoms with van der Waals surface area (Å²) in [4.78, 5) is 12.8. The number of nitrogens with one attached hydrogen (secondary N) is 1. The number of aryl methyl sites for hydroxylation is 5. The number of furan rings is 1. The maximum atomic E-state index is 12.8. The van der Waals surface area contributed by atoms with Crippen LogP contribution in [0.15, 0.2) is 34.8 Å². The van der Waals surface area contributed by atoms with Crippen molar-refractivity contribution >= 4 is 28.1 Å². The fourth-order valence-corrected chi connectivity index (χ4v) is 4.66. The summed E-state index contributed by atoms with van der Waals surface area (Å²) in [5.74, 6) is 1.77. The Morgan fingerprint density at radius 2 is 1.81 bits per heavy atom. The molecule has 1 aliphatic rings. The van der Waals surface area contributed by atoms with Gasteiger partial charge < -0.3 is 14.5 Å². The van der Waals surface area contributed by atoms with E-state index in [0.29, 0.717) is 6.61 Å². The van der Waals surface area contributed by atoms with Gasteiger partial charge in [-0.25, -0.2) is 0 Å². The zero-order chi connectivity index (χ0) is 22.1. The van der Waals surface area contributed by atoms with E-state index in [2.05, 4.69) is 24.4 Å². The monoisotopic (exact) mass is 417 g/mol. The highest BCUT2D eigenvalue weighted by molar-refractivity contribution is 6.05. The highest BCUT2D eigenvalue weighted by Gasteiger charge is 2.23. The number of ether oxygens (including phenoxy) is 1. The molecule has 0 atom stereocenters. The average molecular weight is 418 g/mol. The van der Waals surface area contributed by atoms with Crippen molar-refractivity contribution in [3.05, 3.63) is 63.9 Å². The fourth-order valence-electron chi connectivity index (χ4n) is 4.66. The average Bonchev–Trinajstić information content (AvgIpc) is 3.08. The van der Waals surface area contributed by atoms with E-state index >= 15 is 0 Å². The molecule has 4 heteroatoms. The van der Waals surface area contributed by atoms with Crippen molar-refractivity contribution in [1.82, 2.24) is 0 Å². The number of anilines is 1. The molecule has 1 heterocycles. The third-order valence-corrected chi connectivity index (χ3v) is 5.98. The molecule has 4 nitrogen and oxygen atoms in total. The maximum absolute atomic E-state index is 12.8. The zero-order valence-corrected chi connectivity index (χ0v) is 19.1. The van der Waals surface area contributed by atoms with Crippen molar-refractivity contribution in [1.29, 1.82) is 0 Å². The van der Waals surface area contributed by atoms with Crippen LogP contribution in [0.5, 0.6) is 5.75 Å². The quantitative estimate of drug-likeness (QED) is 0.471. The molecule has 0 saturated heterocycles. The minimum atomic E-state index is -0.142. The van der Waals surface area contributed by atoms with Gasteiger partial charge in [0.2, 0.25) is 5.91 Å². The summed E-state index contributed by atoms with van der Waals surface area (Å²) in [7, 11) is 0. The number of hydrogen-bond acceptors (Lipinski definition) is 3.